The van der Waals surface area contributed by atoms with Crippen LogP contribution in [0.2, 0.25) is 0 Å². The van der Waals surface area contributed by atoms with E-state index < -0.39 is 23.2 Å². The fourth-order valence-corrected chi connectivity index (χ4v) is 3.33. The smallest absolute Gasteiger partial charge is 0.314 e. The van der Waals surface area contributed by atoms with Crippen LogP contribution in [0.1, 0.15) is 53.5 Å². The highest BCUT2D eigenvalue weighted by Gasteiger charge is 2.37. The number of aliphatic carboxylic acids is 1. The van der Waals surface area contributed by atoms with Gasteiger partial charge in [0.2, 0.25) is 5.91 Å². The van der Waals surface area contributed by atoms with E-state index in [1.54, 1.807) is 30.3 Å². The summed E-state index contributed by atoms with van der Waals surface area (Å²) >= 11 is 0. The van der Waals surface area contributed by atoms with Gasteiger partial charge in [0.15, 0.2) is 5.69 Å². The van der Waals surface area contributed by atoms with Gasteiger partial charge in [-0.25, -0.2) is 0 Å². The number of aromatic amines is 1. The molecule has 8 heteroatoms. The lowest BCUT2D eigenvalue weighted by molar-refractivity contribution is -0.145. The molecule has 1 atom stereocenters. The number of rotatable bonds is 5. The van der Waals surface area contributed by atoms with Gasteiger partial charge in [0, 0.05) is 17.7 Å². The Bertz CT molecular complexity index is 862. The van der Waals surface area contributed by atoms with Crippen LogP contribution in [0.3, 0.4) is 0 Å². The number of fused-ring (bicyclic) bond motifs is 1. The number of carbonyl (C=O) groups excluding carboxylic acids is 2. The highest BCUT2D eigenvalue weighted by atomic mass is 16.4. The van der Waals surface area contributed by atoms with Gasteiger partial charge in [0.05, 0.1) is 5.41 Å². The highest BCUT2D eigenvalue weighted by molar-refractivity contribution is 5.96. The number of carboxylic acids is 1. The van der Waals surface area contributed by atoms with Crippen molar-refractivity contribution in [2.45, 2.75) is 44.4 Å². The second-order valence-corrected chi connectivity index (χ2v) is 6.92. The number of nitrogens with one attached hydrogen (secondary N) is 3. The van der Waals surface area contributed by atoms with Gasteiger partial charge in [0.25, 0.3) is 5.91 Å². The second kappa shape index (κ2) is 7.61. The number of aromatic nitrogens is 2. The molecule has 1 aliphatic rings. The first-order valence-corrected chi connectivity index (χ1v) is 8.86. The summed E-state index contributed by atoms with van der Waals surface area (Å²) in [5.41, 5.74) is 5.86. The lowest BCUT2D eigenvalue weighted by Gasteiger charge is -2.24. The van der Waals surface area contributed by atoms with Crippen LogP contribution in [0, 0.1) is 0 Å². The van der Waals surface area contributed by atoms with Crippen LogP contribution >= 0.6 is 0 Å². The van der Waals surface area contributed by atoms with E-state index in [1.165, 1.54) is 6.92 Å². The van der Waals surface area contributed by atoms with Crippen molar-refractivity contribution >= 4 is 17.8 Å². The zero-order chi connectivity index (χ0) is 19.4. The number of hydrazine groups is 1. The molecule has 0 saturated heterocycles. The fourth-order valence-electron chi connectivity index (χ4n) is 3.33. The van der Waals surface area contributed by atoms with E-state index in [9.17, 15) is 19.5 Å². The van der Waals surface area contributed by atoms with E-state index in [4.69, 9.17) is 0 Å². The number of aryl methyl sites for hydroxylation is 1. The molecule has 0 fully saturated rings. The minimum Gasteiger partial charge on any atom is -0.481 e. The molecular weight excluding hydrogens is 348 g/mol. The van der Waals surface area contributed by atoms with Crippen LogP contribution in [0.4, 0.5) is 0 Å². The van der Waals surface area contributed by atoms with Crippen molar-refractivity contribution < 1.29 is 19.5 Å². The molecule has 0 spiro atoms. The third kappa shape index (κ3) is 3.84. The van der Waals surface area contributed by atoms with Gasteiger partial charge in [-0.3, -0.25) is 30.3 Å². The van der Waals surface area contributed by atoms with Crippen LogP contribution < -0.4 is 10.9 Å². The van der Waals surface area contributed by atoms with Crippen molar-refractivity contribution in [1.82, 2.24) is 21.0 Å². The van der Waals surface area contributed by atoms with Gasteiger partial charge >= 0.3 is 5.97 Å². The topological polar surface area (TPSA) is 124 Å². The van der Waals surface area contributed by atoms with E-state index >= 15 is 0 Å². The number of hydrogen-bond acceptors (Lipinski definition) is 4. The quantitative estimate of drug-likeness (QED) is 0.594. The molecule has 1 aliphatic carbocycles. The third-order valence-corrected chi connectivity index (χ3v) is 4.98. The Morgan fingerprint density at radius 1 is 1.15 bits per heavy atom. The standard InChI is InChI=1S/C19H22N4O4/c1-19(18(26)27,12-7-3-2-4-8-12)11-15(24)21-23-17(25)16-13-9-5-6-10-14(13)20-22-16/h2-4,7-8H,5-6,9-11H2,1H3,(H,20,22)(H,21,24)(H,23,25)(H,26,27)/t19-/m0/s1. The Hall–Kier alpha value is -3.16. The van der Waals surface area contributed by atoms with Crippen molar-refractivity contribution in [2.24, 2.45) is 0 Å². The normalized spacial score (nSPS) is 15.3. The van der Waals surface area contributed by atoms with E-state index in [2.05, 4.69) is 21.0 Å². The summed E-state index contributed by atoms with van der Waals surface area (Å²) in [6.07, 6.45) is 3.36. The average Bonchev–Trinajstić information content (AvgIpc) is 3.11. The van der Waals surface area contributed by atoms with Crippen molar-refractivity contribution in [3.05, 3.63) is 52.8 Å². The van der Waals surface area contributed by atoms with E-state index in [-0.39, 0.29) is 12.1 Å². The molecule has 0 aliphatic heterocycles. The highest BCUT2D eigenvalue weighted by Crippen LogP contribution is 2.28. The van der Waals surface area contributed by atoms with Crippen LogP contribution in [-0.2, 0) is 27.8 Å². The third-order valence-electron chi connectivity index (χ3n) is 4.98. The van der Waals surface area contributed by atoms with Crippen molar-refractivity contribution in [2.75, 3.05) is 0 Å². The molecule has 4 N–H and O–H groups in total. The summed E-state index contributed by atoms with van der Waals surface area (Å²) in [4.78, 5) is 36.4. The van der Waals surface area contributed by atoms with Crippen LogP contribution in [0.15, 0.2) is 30.3 Å². The first-order valence-electron chi connectivity index (χ1n) is 8.86. The molecule has 1 heterocycles. The Kier molecular flexibility index (Phi) is 5.25. The summed E-state index contributed by atoms with van der Waals surface area (Å²) in [7, 11) is 0. The Morgan fingerprint density at radius 3 is 2.56 bits per heavy atom. The number of amides is 2. The zero-order valence-electron chi connectivity index (χ0n) is 15.0. The van der Waals surface area contributed by atoms with Gasteiger partial charge in [-0.2, -0.15) is 5.10 Å². The fraction of sp³-hybridized carbons (Fsp3) is 0.368. The maximum Gasteiger partial charge on any atom is 0.314 e. The molecule has 2 amide bonds. The molecule has 27 heavy (non-hydrogen) atoms. The summed E-state index contributed by atoms with van der Waals surface area (Å²) < 4.78 is 0. The summed E-state index contributed by atoms with van der Waals surface area (Å²) in [6.45, 7) is 1.48. The molecular formula is C19H22N4O4. The van der Waals surface area contributed by atoms with Gasteiger partial charge in [-0.1, -0.05) is 30.3 Å². The molecule has 0 saturated carbocycles. The molecule has 2 aromatic rings. The summed E-state index contributed by atoms with van der Waals surface area (Å²) in [5, 5.41) is 16.5. The SMILES string of the molecule is C[C@@](CC(=O)NNC(=O)c1n[nH]c2c1CCCC2)(C(=O)O)c1ccccc1. The second-order valence-electron chi connectivity index (χ2n) is 6.92. The maximum absolute atomic E-state index is 12.3. The molecule has 0 radical (unpaired) electrons. The molecule has 1 aromatic carbocycles. The molecule has 8 nitrogen and oxygen atoms in total. The van der Waals surface area contributed by atoms with Gasteiger partial charge < -0.3 is 5.11 Å². The largest absolute Gasteiger partial charge is 0.481 e. The van der Waals surface area contributed by atoms with Crippen molar-refractivity contribution in [1.29, 1.82) is 0 Å². The lowest BCUT2D eigenvalue weighted by atomic mass is 9.79. The van der Waals surface area contributed by atoms with Gasteiger partial charge in [-0.15, -0.1) is 0 Å². The lowest BCUT2D eigenvalue weighted by Crippen LogP contribution is -2.46. The van der Waals surface area contributed by atoms with Crippen LogP contribution in [0.25, 0.3) is 0 Å². The summed E-state index contributed by atoms with van der Waals surface area (Å²) in [6, 6.07) is 8.54. The van der Waals surface area contributed by atoms with E-state index in [1.807, 2.05) is 0 Å². The van der Waals surface area contributed by atoms with E-state index in [0.29, 0.717) is 5.56 Å². The van der Waals surface area contributed by atoms with Crippen LogP contribution in [0.5, 0.6) is 0 Å². The molecule has 0 unspecified atom stereocenters. The Balaban J connectivity index is 1.64. The molecule has 1 aromatic heterocycles. The number of H-pyrrole nitrogens is 1. The number of carbonyl (C=O) groups is 3. The minimum absolute atomic E-state index is 0.272. The Labute approximate surface area is 156 Å². The average molecular weight is 370 g/mol. The number of hydrogen-bond donors (Lipinski definition) is 4. The molecule has 0 bridgehead atoms. The van der Waals surface area contributed by atoms with Gasteiger partial charge in [0.1, 0.15) is 0 Å². The van der Waals surface area contributed by atoms with Gasteiger partial charge in [-0.05, 0) is 38.2 Å². The first kappa shape index (κ1) is 18.6. The number of benzene rings is 1. The zero-order valence-corrected chi connectivity index (χ0v) is 15.0. The monoisotopic (exact) mass is 370 g/mol. The van der Waals surface area contributed by atoms with Crippen molar-refractivity contribution in [3.63, 3.8) is 0 Å². The van der Waals surface area contributed by atoms with Crippen LogP contribution in [-0.4, -0.2) is 33.1 Å². The number of nitrogens with zero attached hydrogens (tertiary/aromatic N) is 1. The maximum atomic E-state index is 12.3. The van der Waals surface area contributed by atoms with E-state index in [0.717, 1.165) is 36.9 Å². The Morgan fingerprint density at radius 2 is 1.85 bits per heavy atom. The predicted octanol–water partition coefficient (Wildman–Crippen LogP) is 1.48. The predicted molar refractivity (Wildman–Crippen MR) is 96.9 cm³/mol. The summed E-state index contributed by atoms with van der Waals surface area (Å²) in [5.74, 6) is -2.22. The molecule has 142 valence electrons. The molecule has 3 rings (SSSR count). The first-order chi connectivity index (χ1) is 12.9. The number of carboxylic acid groups (broad SMARTS) is 1. The van der Waals surface area contributed by atoms with Crippen molar-refractivity contribution in [3.8, 4) is 0 Å². The minimum atomic E-state index is -1.40.